The highest BCUT2D eigenvalue weighted by atomic mass is 32.2. The van der Waals surface area contributed by atoms with Crippen molar-refractivity contribution in [3.8, 4) is 0 Å². The molecule has 1 atom stereocenters. The monoisotopic (exact) mass is 259 g/mol. The van der Waals surface area contributed by atoms with Gasteiger partial charge in [-0.3, -0.25) is 9.59 Å². The third kappa shape index (κ3) is 4.98. The number of aliphatic carboxylic acids is 1. The minimum absolute atomic E-state index is 0.00537. The van der Waals surface area contributed by atoms with E-state index >= 15 is 0 Å². The zero-order valence-electron chi connectivity index (χ0n) is 10.5. The summed E-state index contributed by atoms with van der Waals surface area (Å²) >= 11 is 1.67. The molecule has 0 saturated carbocycles. The van der Waals surface area contributed by atoms with Gasteiger partial charge in [-0.25, -0.2) is 0 Å². The molecule has 98 valence electrons. The maximum Gasteiger partial charge on any atom is 0.323 e. The van der Waals surface area contributed by atoms with Crippen LogP contribution in [0.15, 0.2) is 0 Å². The molecule has 0 aliphatic carbocycles. The van der Waals surface area contributed by atoms with Crippen LogP contribution < -0.4 is 0 Å². The molecule has 0 bridgehead atoms. The lowest BCUT2D eigenvalue weighted by atomic mass is 10.1. The van der Waals surface area contributed by atoms with Crippen LogP contribution in [0.2, 0.25) is 0 Å². The molecule has 0 spiro atoms. The zero-order valence-corrected chi connectivity index (χ0v) is 11.3. The van der Waals surface area contributed by atoms with Gasteiger partial charge in [0.15, 0.2) is 0 Å². The highest BCUT2D eigenvalue weighted by Crippen LogP contribution is 2.26. The van der Waals surface area contributed by atoms with Crippen molar-refractivity contribution in [3.63, 3.8) is 0 Å². The van der Waals surface area contributed by atoms with Crippen molar-refractivity contribution in [2.45, 2.75) is 38.4 Å². The lowest BCUT2D eigenvalue weighted by Gasteiger charge is -2.29. The molecule has 1 N–H and O–H groups in total. The summed E-state index contributed by atoms with van der Waals surface area (Å²) < 4.78 is 0. The first-order chi connectivity index (χ1) is 8.00. The van der Waals surface area contributed by atoms with Gasteiger partial charge in [0, 0.05) is 6.54 Å². The van der Waals surface area contributed by atoms with Gasteiger partial charge in [-0.1, -0.05) is 20.3 Å². The number of carbonyl (C=O) groups is 2. The molecule has 1 aliphatic rings. The summed E-state index contributed by atoms with van der Waals surface area (Å²) in [5, 5.41) is 8.82. The number of hydrogen-bond acceptors (Lipinski definition) is 3. The van der Waals surface area contributed by atoms with Gasteiger partial charge in [-0.05, 0) is 24.5 Å². The molecule has 1 unspecified atom stereocenters. The summed E-state index contributed by atoms with van der Waals surface area (Å²) in [6.07, 6.45) is 3.13. The number of carbonyl (C=O) groups excluding carboxylic acids is 1. The number of rotatable bonds is 5. The first-order valence-corrected chi connectivity index (χ1v) is 7.17. The summed E-state index contributed by atoms with van der Waals surface area (Å²) in [4.78, 5) is 24.5. The zero-order chi connectivity index (χ0) is 12.8. The van der Waals surface area contributed by atoms with Gasteiger partial charge < -0.3 is 10.0 Å². The van der Waals surface area contributed by atoms with Gasteiger partial charge in [0.25, 0.3) is 0 Å². The molecule has 1 fully saturated rings. The summed E-state index contributed by atoms with van der Waals surface area (Å²) in [7, 11) is 0. The molecule has 0 aromatic heterocycles. The Labute approximate surface area is 107 Å². The minimum Gasteiger partial charge on any atom is -0.480 e. The van der Waals surface area contributed by atoms with E-state index in [-0.39, 0.29) is 17.7 Å². The van der Waals surface area contributed by atoms with E-state index in [4.69, 9.17) is 5.11 Å². The molecule has 17 heavy (non-hydrogen) atoms. The van der Waals surface area contributed by atoms with Crippen LogP contribution >= 0.6 is 11.8 Å². The van der Waals surface area contributed by atoms with Crippen LogP contribution in [-0.4, -0.2) is 46.0 Å². The number of carboxylic acid groups (broad SMARTS) is 1. The molecule has 4 nitrogen and oxygen atoms in total. The molecule has 1 amide bonds. The average molecular weight is 259 g/mol. The fourth-order valence-electron chi connectivity index (χ4n) is 1.98. The Bertz CT molecular complexity index is 275. The summed E-state index contributed by atoms with van der Waals surface area (Å²) in [5.41, 5.74) is 0. The second-order valence-corrected chi connectivity index (χ2v) is 6.17. The molecular formula is C12H21NO3S. The SMILES string of the molecule is CC(C)CN(CC(=O)O)C(=O)C1CCCCS1. The van der Waals surface area contributed by atoms with Gasteiger partial charge in [-0.15, -0.1) is 11.8 Å². The quantitative estimate of drug-likeness (QED) is 0.818. The van der Waals surface area contributed by atoms with E-state index in [0.717, 1.165) is 25.0 Å². The Morgan fingerprint density at radius 2 is 2.12 bits per heavy atom. The fraction of sp³-hybridized carbons (Fsp3) is 0.833. The van der Waals surface area contributed by atoms with Gasteiger partial charge >= 0.3 is 5.97 Å². The van der Waals surface area contributed by atoms with Crippen molar-refractivity contribution >= 4 is 23.6 Å². The Morgan fingerprint density at radius 3 is 2.59 bits per heavy atom. The second kappa shape index (κ2) is 6.89. The molecule has 1 aliphatic heterocycles. The largest absolute Gasteiger partial charge is 0.480 e. The van der Waals surface area contributed by atoms with E-state index in [1.165, 1.54) is 4.90 Å². The molecule has 1 rings (SSSR count). The van der Waals surface area contributed by atoms with Crippen LogP contribution in [0.4, 0.5) is 0 Å². The van der Waals surface area contributed by atoms with Crippen molar-refractivity contribution in [2.75, 3.05) is 18.8 Å². The molecule has 0 aromatic rings. The lowest BCUT2D eigenvalue weighted by molar-refractivity contribution is -0.144. The maximum atomic E-state index is 12.2. The summed E-state index contributed by atoms with van der Waals surface area (Å²) in [6.45, 7) is 4.35. The Morgan fingerprint density at radius 1 is 1.41 bits per heavy atom. The van der Waals surface area contributed by atoms with Crippen LogP contribution in [0.25, 0.3) is 0 Å². The normalized spacial score (nSPS) is 20.3. The van der Waals surface area contributed by atoms with E-state index in [1.54, 1.807) is 11.8 Å². The molecule has 5 heteroatoms. The first kappa shape index (κ1) is 14.4. The second-order valence-electron chi connectivity index (χ2n) is 4.86. The number of nitrogens with zero attached hydrogens (tertiary/aromatic N) is 1. The van der Waals surface area contributed by atoms with E-state index in [9.17, 15) is 9.59 Å². The van der Waals surface area contributed by atoms with E-state index in [2.05, 4.69) is 0 Å². The van der Waals surface area contributed by atoms with Crippen molar-refractivity contribution in [3.05, 3.63) is 0 Å². The van der Waals surface area contributed by atoms with Crippen molar-refractivity contribution in [2.24, 2.45) is 5.92 Å². The number of thioether (sulfide) groups is 1. The standard InChI is InChI=1S/C12H21NO3S/c1-9(2)7-13(8-11(14)15)12(16)10-5-3-4-6-17-10/h9-10H,3-8H2,1-2H3,(H,14,15). The third-order valence-corrected chi connectivity index (χ3v) is 4.04. The topological polar surface area (TPSA) is 57.6 Å². The van der Waals surface area contributed by atoms with Gasteiger partial charge in [0.05, 0.1) is 5.25 Å². The minimum atomic E-state index is -0.931. The highest BCUT2D eigenvalue weighted by Gasteiger charge is 2.27. The summed E-state index contributed by atoms with van der Waals surface area (Å²) in [6, 6.07) is 0. The predicted molar refractivity (Wildman–Crippen MR) is 69.2 cm³/mol. The number of amides is 1. The lowest BCUT2D eigenvalue weighted by Crippen LogP contribution is -2.43. The smallest absolute Gasteiger partial charge is 0.323 e. The fourth-order valence-corrected chi connectivity index (χ4v) is 3.26. The van der Waals surface area contributed by atoms with E-state index in [0.29, 0.717) is 12.5 Å². The van der Waals surface area contributed by atoms with Gasteiger partial charge in [0.2, 0.25) is 5.91 Å². The van der Waals surface area contributed by atoms with Crippen LogP contribution in [-0.2, 0) is 9.59 Å². The number of hydrogen-bond donors (Lipinski definition) is 1. The van der Waals surface area contributed by atoms with Crippen LogP contribution in [0.3, 0.4) is 0 Å². The maximum absolute atomic E-state index is 12.2. The average Bonchev–Trinajstić information content (AvgIpc) is 2.27. The Balaban J connectivity index is 2.60. The Kier molecular flexibility index (Phi) is 5.82. The van der Waals surface area contributed by atoms with E-state index < -0.39 is 5.97 Å². The van der Waals surface area contributed by atoms with Crippen LogP contribution in [0, 0.1) is 5.92 Å². The first-order valence-electron chi connectivity index (χ1n) is 6.13. The van der Waals surface area contributed by atoms with Crippen molar-refractivity contribution < 1.29 is 14.7 Å². The predicted octanol–water partition coefficient (Wildman–Crippen LogP) is 1.84. The van der Waals surface area contributed by atoms with E-state index in [1.807, 2.05) is 13.8 Å². The van der Waals surface area contributed by atoms with Gasteiger partial charge in [0.1, 0.15) is 6.54 Å². The molecule has 1 heterocycles. The van der Waals surface area contributed by atoms with Crippen LogP contribution in [0.1, 0.15) is 33.1 Å². The molecule has 0 radical (unpaired) electrons. The summed E-state index contributed by atoms with van der Waals surface area (Å²) in [5.74, 6) is 0.386. The Hall–Kier alpha value is -0.710. The highest BCUT2D eigenvalue weighted by molar-refractivity contribution is 8.00. The van der Waals surface area contributed by atoms with Crippen molar-refractivity contribution in [1.82, 2.24) is 4.90 Å². The van der Waals surface area contributed by atoms with Crippen molar-refractivity contribution in [1.29, 1.82) is 0 Å². The van der Waals surface area contributed by atoms with Crippen LogP contribution in [0.5, 0.6) is 0 Å². The number of carboxylic acids is 1. The third-order valence-electron chi connectivity index (χ3n) is 2.68. The molecule has 1 saturated heterocycles. The molecular weight excluding hydrogens is 238 g/mol. The van der Waals surface area contributed by atoms with Gasteiger partial charge in [-0.2, -0.15) is 0 Å². The molecule has 0 aromatic carbocycles.